The van der Waals surface area contributed by atoms with Crippen LogP contribution in [0.4, 0.5) is 0 Å². The molecule has 0 rings (SSSR count). The summed E-state index contributed by atoms with van der Waals surface area (Å²) in [6.07, 6.45) is 0.446. The Hall–Kier alpha value is -0.956. The molecule has 0 aliphatic heterocycles. The fraction of sp³-hybridized carbons (Fsp3) is 0.786. The van der Waals surface area contributed by atoms with E-state index < -0.39 is 16.5 Å². The Morgan fingerprint density at radius 1 is 0.905 bits per heavy atom. The third kappa shape index (κ3) is 6.56. The van der Waals surface area contributed by atoms with Crippen molar-refractivity contribution in [3.8, 4) is 0 Å². The van der Waals surface area contributed by atoms with E-state index in [2.05, 4.69) is 49.5 Å². The number of hydrogen-bond donors (Lipinski definition) is 0. The zero-order chi connectivity index (χ0) is 17.0. The van der Waals surface area contributed by atoms with Gasteiger partial charge in [0.2, 0.25) is 0 Å². The van der Waals surface area contributed by atoms with Crippen LogP contribution in [0.25, 0.3) is 0 Å². The quantitative estimate of drug-likeness (QED) is 0.409. The van der Waals surface area contributed by atoms with Gasteiger partial charge >= 0.3 is 0 Å². The van der Waals surface area contributed by atoms with Crippen LogP contribution >= 0.6 is 0 Å². The van der Waals surface area contributed by atoms with Gasteiger partial charge in [0, 0.05) is 20.5 Å². The minimum atomic E-state index is -1.57. The fourth-order valence-electron chi connectivity index (χ4n) is 1.22. The van der Waals surface area contributed by atoms with Gasteiger partial charge in [-0.05, 0) is 6.92 Å². The van der Waals surface area contributed by atoms with E-state index in [1.54, 1.807) is 0 Å². The third-order valence-electron chi connectivity index (χ3n) is 3.42. The predicted octanol–water partition coefficient (Wildman–Crippen LogP) is 3.23. The van der Waals surface area contributed by atoms with E-state index in [1.807, 2.05) is 37.3 Å². The van der Waals surface area contributed by atoms with Gasteiger partial charge in [0.15, 0.2) is 22.3 Å². The molecule has 0 aliphatic rings. The summed E-state index contributed by atoms with van der Waals surface area (Å²) in [5.41, 5.74) is 1.20. The molecule has 0 unspecified atom stereocenters. The maximum absolute atomic E-state index is 12.2. The molecule has 0 aromatic carbocycles. The van der Waals surface area contributed by atoms with Crippen molar-refractivity contribution in [2.24, 2.45) is 10.2 Å². The molecule has 0 heterocycles. The van der Waals surface area contributed by atoms with Crippen LogP contribution in [-0.2, 0) is 4.79 Å². The van der Waals surface area contributed by atoms with E-state index in [4.69, 9.17) is 0 Å². The first-order valence-electron chi connectivity index (χ1n) is 7.45. The minimum absolute atomic E-state index is 0.0466. The third-order valence-corrected chi connectivity index (χ3v) is 7.50. The molecule has 0 bridgehead atoms. The van der Waals surface area contributed by atoms with Crippen LogP contribution in [-0.4, -0.2) is 57.1 Å². The Bertz CT molecular complexity index is 433. The highest BCUT2D eigenvalue weighted by atomic mass is 28.3. The highest BCUT2D eigenvalue weighted by molar-refractivity contribution is 6.74. The van der Waals surface area contributed by atoms with Gasteiger partial charge in [-0.1, -0.05) is 46.2 Å². The molecular weight excluding hydrogens is 296 g/mol. The smallest absolute Gasteiger partial charge is 0.184 e. The van der Waals surface area contributed by atoms with E-state index in [1.165, 1.54) is 0 Å². The zero-order valence-corrected chi connectivity index (χ0v) is 17.4. The summed E-state index contributed by atoms with van der Waals surface area (Å²) in [5, 5.41) is 9.18. The maximum atomic E-state index is 12.2. The molecule has 0 saturated heterocycles. The van der Waals surface area contributed by atoms with E-state index in [-0.39, 0.29) is 5.78 Å². The SMILES string of the molecule is CCC(=O)C(=NN(C)[Si](C)(C)C)C(C)=NN(C)[Si](C)(C)C. The van der Waals surface area contributed by atoms with Crippen molar-refractivity contribution >= 4 is 33.7 Å². The number of Topliss-reactive ketones (excluding diaryl/α,β-unsaturated/α-hetero) is 1. The number of hydrogen-bond acceptors (Lipinski definition) is 5. The van der Waals surface area contributed by atoms with Crippen molar-refractivity contribution in [3.63, 3.8) is 0 Å². The van der Waals surface area contributed by atoms with Crippen molar-refractivity contribution in [1.82, 2.24) is 9.35 Å². The van der Waals surface area contributed by atoms with Crippen molar-refractivity contribution < 1.29 is 4.79 Å². The van der Waals surface area contributed by atoms with E-state index in [0.717, 1.165) is 0 Å². The largest absolute Gasteiger partial charge is 0.327 e. The highest BCUT2D eigenvalue weighted by Gasteiger charge is 2.24. The Labute approximate surface area is 132 Å². The summed E-state index contributed by atoms with van der Waals surface area (Å²) in [4.78, 5) is 12.2. The molecule has 0 saturated carbocycles. The van der Waals surface area contributed by atoms with E-state index in [9.17, 15) is 4.79 Å². The summed E-state index contributed by atoms with van der Waals surface area (Å²) in [5.74, 6) is 0.0466. The summed E-state index contributed by atoms with van der Waals surface area (Å²) in [7, 11) is 0.840. The first-order chi connectivity index (χ1) is 9.30. The van der Waals surface area contributed by atoms with Gasteiger partial charge in [0.25, 0.3) is 0 Å². The number of rotatable bonds is 7. The van der Waals surface area contributed by atoms with Crippen LogP contribution < -0.4 is 0 Å². The molecule has 0 aromatic heterocycles. The second-order valence-corrected chi connectivity index (χ2v) is 17.3. The molecular formula is C14H32N4OSi2. The summed E-state index contributed by atoms with van der Waals surface area (Å²) in [6.45, 7) is 17.0. The molecule has 122 valence electrons. The topological polar surface area (TPSA) is 48.3 Å². The van der Waals surface area contributed by atoms with Crippen LogP contribution in [0.3, 0.4) is 0 Å². The lowest BCUT2D eigenvalue weighted by atomic mass is 10.1. The molecule has 0 atom stereocenters. The second-order valence-electron chi connectivity index (χ2n) is 7.30. The number of hydrazone groups is 2. The molecule has 0 aromatic rings. The average molecular weight is 329 g/mol. The Morgan fingerprint density at radius 2 is 1.29 bits per heavy atom. The van der Waals surface area contributed by atoms with Gasteiger partial charge in [-0.25, -0.2) is 0 Å². The normalized spacial score (nSPS) is 14.2. The first kappa shape index (κ1) is 20.0. The van der Waals surface area contributed by atoms with Crippen molar-refractivity contribution in [2.45, 2.75) is 59.6 Å². The number of carbonyl (C=O) groups is 1. The second kappa shape index (κ2) is 7.35. The highest BCUT2D eigenvalue weighted by Crippen LogP contribution is 2.10. The van der Waals surface area contributed by atoms with Gasteiger partial charge in [-0.15, -0.1) is 0 Å². The molecule has 5 nitrogen and oxygen atoms in total. The lowest BCUT2D eigenvalue weighted by Crippen LogP contribution is -2.43. The van der Waals surface area contributed by atoms with Crippen molar-refractivity contribution in [1.29, 1.82) is 0 Å². The molecule has 7 heteroatoms. The Balaban J connectivity index is 5.60. The van der Waals surface area contributed by atoms with Crippen LogP contribution in [0.1, 0.15) is 20.3 Å². The predicted molar refractivity (Wildman–Crippen MR) is 98.1 cm³/mol. The molecule has 0 amide bonds. The zero-order valence-electron chi connectivity index (χ0n) is 15.4. The molecule has 0 fully saturated rings. The number of carbonyl (C=O) groups excluding carboxylic acids is 1. The van der Waals surface area contributed by atoms with E-state index >= 15 is 0 Å². The summed E-state index contributed by atoms with van der Waals surface area (Å²) >= 11 is 0. The Kier molecular flexibility index (Phi) is 7.02. The summed E-state index contributed by atoms with van der Waals surface area (Å²) in [6, 6.07) is 0. The number of nitrogens with zero attached hydrogens (tertiary/aromatic N) is 4. The lowest BCUT2D eigenvalue weighted by Gasteiger charge is -2.29. The van der Waals surface area contributed by atoms with Gasteiger partial charge in [-0.2, -0.15) is 10.2 Å². The molecule has 0 radical (unpaired) electrons. The molecule has 0 N–H and O–H groups in total. The van der Waals surface area contributed by atoms with Crippen LogP contribution in [0, 0.1) is 0 Å². The lowest BCUT2D eigenvalue weighted by molar-refractivity contribution is -0.112. The van der Waals surface area contributed by atoms with Crippen LogP contribution in [0.2, 0.25) is 39.3 Å². The van der Waals surface area contributed by atoms with Crippen LogP contribution in [0.5, 0.6) is 0 Å². The van der Waals surface area contributed by atoms with Crippen LogP contribution in [0.15, 0.2) is 10.2 Å². The minimum Gasteiger partial charge on any atom is -0.327 e. The maximum Gasteiger partial charge on any atom is 0.184 e. The average Bonchev–Trinajstić information content (AvgIpc) is 2.31. The van der Waals surface area contributed by atoms with Crippen molar-refractivity contribution in [2.75, 3.05) is 14.1 Å². The molecule has 0 spiro atoms. The summed E-state index contributed by atoms with van der Waals surface area (Å²) < 4.78 is 3.97. The van der Waals surface area contributed by atoms with Gasteiger partial charge in [0.05, 0.1) is 5.71 Å². The van der Waals surface area contributed by atoms with E-state index in [0.29, 0.717) is 17.8 Å². The number of ketones is 1. The fourth-order valence-corrected chi connectivity index (χ4v) is 2.07. The standard InChI is InChI=1S/C14H32N4OSi2/c1-11-13(19)14(16-18(4)21(8,9)10)12(2)15-17(3)20(5,6)7/h11H2,1-10H3. The van der Waals surface area contributed by atoms with Crippen molar-refractivity contribution in [3.05, 3.63) is 0 Å². The van der Waals surface area contributed by atoms with Gasteiger partial charge < -0.3 is 9.35 Å². The van der Waals surface area contributed by atoms with Gasteiger partial charge in [0.1, 0.15) is 5.71 Å². The first-order valence-corrected chi connectivity index (χ1v) is 14.3. The molecule has 0 aliphatic carbocycles. The Morgan fingerprint density at radius 3 is 1.62 bits per heavy atom. The monoisotopic (exact) mass is 328 g/mol. The van der Waals surface area contributed by atoms with Gasteiger partial charge in [-0.3, -0.25) is 4.79 Å². The molecule has 21 heavy (non-hydrogen) atoms.